The van der Waals surface area contributed by atoms with Gasteiger partial charge in [-0.05, 0) is 12.1 Å². The minimum atomic E-state index is -0.966. The summed E-state index contributed by atoms with van der Waals surface area (Å²) in [5, 5.41) is -0.0101. The molecule has 0 radical (unpaired) electrons. The maximum absolute atomic E-state index is 13.3. The summed E-state index contributed by atoms with van der Waals surface area (Å²) in [4.78, 5) is 38.7. The monoisotopic (exact) mass is 389 g/mol. The van der Waals surface area contributed by atoms with Gasteiger partial charge in [0.1, 0.15) is 11.0 Å². The first kappa shape index (κ1) is 17.7. The van der Waals surface area contributed by atoms with Gasteiger partial charge < -0.3 is 9.47 Å². The van der Waals surface area contributed by atoms with Gasteiger partial charge >= 0.3 is 5.69 Å². The number of hydrogen-bond donors (Lipinski definition) is 0. The molecular weight excluding hydrogens is 374 g/mol. The molecular formula is C18H16ClN3O5. The molecule has 2 aromatic heterocycles. The second-order valence-electron chi connectivity index (χ2n) is 6.18. The maximum Gasteiger partial charge on any atom is 0.332 e. The predicted molar refractivity (Wildman–Crippen MR) is 99.7 cm³/mol. The molecule has 0 atom stereocenters. The van der Waals surface area contributed by atoms with Gasteiger partial charge in [-0.3, -0.25) is 23.3 Å². The highest BCUT2D eigenvalue weighted by molar-refractivity contribution is 6.36. The topological polar surface area (TPSA) is 84.5 Å². The zero-order valence-corrected chi connectivity index (χ0v) is 15.4. The van der Waals surface area contributed by atoms with Gasteiger partial charge in [0.25, 0.3) is 11.1 Å². The van der Waals surface area contributed by atoms with Crippen molar-refractivity contribution in [2.45, 2.75) is 6.29 Å². The number of nitrogens with zero attached hydrogens (tertiary/aromatic N) is 3. The van der Waals surface area contributed by atoms with Crippen LogP contribution in [0.5, 0.6) is 0 Å². The third kappa shape index (κ3) is 2.56. The smallest absolute Gasteiger partial charge is 0.332 e. The van der Waals surface area contributed by atoms with Gasteiger partial charge in [-0.1, -0.05) is 29.8 Å². The van der Waals surface area contributed by atoms with Crippen LogP contribution in [0.2, 0.25) is 5.02 Å². The molecule has 140 valence electrons. The normalized spacial score (nSPS) is 14.9. The van der Waals surface area contributed by atoms with Crippen molar-refractivity contribution >= 4 is 22.6 Å². The Morgan fingerprint density at radius 2 is 1.59 bits per heavy atom. The number of benzene rings is 1. The number of ether oxygens (including phenoxy) is 2. The Morgan fingerprint density at radius 3 is 2.22 bits per heavy atom. The molecule has 1 aromatic carbocycles. The summed E-state index contributed by atoms with van der Waals surface area (Å²) in [6.45, 7) is 0.629. The second kappa shape index (κ2) is 6.49. The Morgan fingerprint density at radius 1 is 0.963 bits per heavy atom. The fourth-order valence-corrected chi connectivity index (χ4v) is 3.61. The summed E-state index contributed by atoms with van der Waals surface area (Å²) in [6.07, 6.45) is -0.966. The molecule has 9 heteroatoms. The van der Waals surface area contributed by atoms with Crippen molar-refractivity contribution in [1.29, 1.82) is 0 Å². The van der Waals surface area contributed by atoms with Crippen LogP contribution >= 0.6 is 11.6 Å². The SMILES string of the molecule is Cn1c(=O)c2c(Cl)c(C3OCCO3)c(=O)n(-c3ccccc3)c2n(C)c1=O. The van der Waals surface area contributed by atoms with Crippen LogP contribution in [0.25, 0.3) is 16.7 Å². The number of para-hydroxylation sites is 1. The first-order valence-electron chi connectivity index (χ1n) is 8.26. The molecule has 0 bridgehead atoms. The van der Waals surface area contributed by atoms with E-state index in [4.69, 9.17) is 21.1 Å². The van der Waals surface area contributed by atoms with E-state index in [9.17, 15) is 14.4 Å². The summed E-state index contributed by atoms with van der Waals surface area (Å²) in [6, 6.07) is 8.72. The summed E-state index contributed by atoms with van der Waals surface area (Å²) < 4.78 is 14.4. The van der Waals surface area contributed by atoms with Crippen LogP contribution in [-0.2, 0) is 23.6 Å². The van der Waals surface area contributed by atoms with Gasteiger partial charge in [0.2, 0.25) is 0 Å². The molecule has 4 rings (SSSR count). The van der Waals surface area contributed by atoms with E-state index >= 15 is 0 Å². The van der Waals surface area contributed by atoms with Crippen molar-refractivity contribution < 1.29 is 9.47 Å². The van der Waals surface area contributed by atoms with Crippen LogP contribution < -0.4 is 16.8 Å². The predicted octanol–water partition coefficient (Wildman–Crippen LogP) is 1.09. The molecule has 0 saturated carbocycles. The number of halogens is 1. The molecule has 3 heterocycles. The van der Waals surface area contributed by atoms with Crippen LogP contribution in [0.4, 0.5) is 0 Å². The van der Waals surface area contributed by atoms with E-state index in [2.05, 4.69) is 0 Å². The first-order chi connectivity index (χ1) is 12.9. The average Bonchev–Trinajstić information content (AvgIpc) is 3.19. The Kier molecular flexibility index (Phi) is 4.26. The van der Waals surface area contributed by atoms with E-state index in [0.717, 1.165) is 4.57 Å². The fraction of sp³-hybridized carbons (Fsp3) is 0.278. The number of hydrogen-bond acceptors (Lipinski definition) is 5. The number of pyridine rings is 1. The zero-order chi connectivity index (χ0) is 19.3. The minimum absolute atomic E-state index is 0.0428. The van der Waals surface area contributed by atoms with E-state index < -0.39 is 23.1 Å². The number of fused-ring (bicyclic) bond motifs is 1. The lowest BCUT2D eigenvalue weighted by atomic mass is 10.2. The van der Waals surface area contributed by atoms with E-state index in [0.29, 0.717) is 18.9 Å². The van der Waals surface area contributed by atoms with Gasteiger partial charge in [-0.25, -0.2) is 4.79 Å². The molecule has 3 aromatic rings. The van der Waals surface area contributed by atoms with E-state index in [1.54, 1.807) is 30.3 Å². The van der Waals surface area contributed by atoms with E-state index in [-0.39, 0.29) is 21.6 Å². The van der Waals surface area contributed by atoms with Crippen LogP contribution in [0.1, 0.15) is 11.9 Å². The molecule has 0 spiro atoms. The Balaban J connectivity index is 2.28. The first-order valence-corrected chi connectivity index (χ1v) is 8.64. The highest BCUT2D eigenvalue weighted by Crippen LogP contribution is 2.31. The zero-order valence-electron chi connectivity index (χ0n) is 14.6. The molecule has 1 aliphatic heterocycles. The van der Waals surface area contributed by atoms with Gasteiger partial charge in [-0.15, -0.1) is 0 Å². The van der Waals surface area contributed by atoms with Crippen molar-refractivity contribution in [2.24, 2.45) is 14.1 Å². The van der Waals surface area contributed by atoms with Gasteiger partial charge in [-0.2, -0.15) is 0 Å². The molecule has 0 unspecified atom stereocenters. The van der Waals surface area contributed by atoms with E-state index in [1.807, 2.05) is 0 Å². The lowest BCUT2D eigenvalue weighted by Crippen LogP contribution is -2.40. The van der Waals surface area contributed by atoms with Crippen molar-refractivity contribution in [2.75, 3.05) is 13.2 Å². The molecule has 1 saturated heterocycles. The lowest BCUT2D eigenvalue weighted by molar-refractivity contribution is -0.0450. The molecule has 1 aliphatic rings. The van der Waals surface area contributed by atoms with Crippen LogP contribution in [-0.4, -0.2) is 26.9 Å². The number of aromatic nitrogens is 3. The number of aryl methyl sites for hydroxylation is 1. The largest absolute Gasteiger partial charge is 0.346 e. The van der Waals surface area contributed by atoms with E-state index in [1.165, 1.54) is 23.2 Å². The van der Waals surface area contributed by atoms with Gasteiger partial charge in [0, 0.05) is 14.1 Å². The molecule has 27 heavy (non-hydrogen) atoms. The lowest BCUT2D eigenvalue weighted by Gasteiger charge is -2.19. The van der Waals surface area contributed by atoms with Gasteiger partial charge in [0.05, 0.1) is 29.5 Å². The van der Waals surface area contributed by atoms with Crippen molar-refractivity contribution in [1.82, 2.24) is 13.7 Å². The van der Waals surface area contributed by atoms with Crippen molar-refractivity contribution in [3.8, 4) is 5.69 Å². The highest BCUT2D eigenvalue weighted by atomic mass is 35.5. The van der Waals surface area contributed by atoms with Crippen LogP contribution in [0, 0.1) is 0 Å². The molecule has 0 amide bonds. The summed E-state index contributed by atoms with van der Waals surface area (Å²) >= 11 is 6.49. The Labute approximate surface area is 157 Å². The Bertz CT molecular complexity index is 1220. The fourth-order valence-electron chi connectivity index (χ4n) is 3.28. The molecule has 0 aliphatic carbocycles. The number of rotatable bonds is 2. The van der Waals surface area contributed by atoms with Crippen LogP contribution in [0.15, 0.2) is 44.7 Å². The third-order valence-corrected chi connectivity index (χ3v) is 5.00. The highest BCUT2D eigenvalue weighted by Gasteiger charge is 2.30. The van der Waals surface area contributed by atoms with Crippen LogP contribution in [0.3, 0.4) is 0 Å². The third-order valence-electron chi connectivity index (χ3n) is 4.61. The summed E-state index contributed by atoms with van der Waals surface area (Å²) in [5.41, 5.74) is -1.01. The summed E-state index contributed by atoms with van der Waals surface area (Å²) in [7, 11) is 2.85. The second-order valence-corrected chi connectivity index (χ2v) is 6.56. The van der Waals surface area contributed by atoms with Crippen molar-refractivity contribution in [3.63, 3.8) is 0 Å². The molecule has 8 nitrogen and oxygen atoms in total. The Hall–Kier alpha value is -2.68. The van der Waals surface area contributed by atoms with Gasteiger partial charge in [0.15, 0.2) is 6.29 Å². The average molecular weight is 390 g/mol. The molecule has 1 fully saturated rings. The minimum Gasteiger partial charge on any atom is -0.346 e. The standard InChI is InChI=1S/C18H16ClN3O5/c1-20-14-11(15(23)21(2)18(20)25)13(19)12(17-26-8-9-27-17)16(24)22(14)10-6-4-3-5-7-10/h3-7,17H,8-9H2,1-2H3. The summed E-state index contributed by atoms with van der Waals surface area (Å²) in [5.74, 6) is 0. The molecule has 0 N–H and O–H groups in total. The quantitative estimate of drug-likeness (QED) is 0.655. The maximum atomic E-state index is 13.3. The van der Waals surface area contributed by atoms with Crippen molar-refractivity contribution in [3.05, 3.63) is 72.1 Å².